The summed E-state index contributed by atoms with van der Waals surface area (Å²) < 4.78 is 11.1. The van der Waals surface area contributed by atoms with E-state index in [1.807, 2.05) is 0 Å². The van der Waals surface area contributed by atoms with Crippen molar-refractivity contribution < 1.29 is 9.47 Å². The summed E-state index contributed by atoms with van der Waals surface area (Å²) in [6.45, 7) is 1.39. The molecule has 2 fully saturated rings. The van der Waals surface area contributed by atoms with Gasteiger partial charge >= 0.3 is 0 Å². The van der Waals surface area contributed by atoms with Crippen LogP contribution in [-0.4, -0.2) is 19.0 Å². The zero-order chi connectivity index (χ0) is 8.44. The van der Waals surface area contributed by atoms with Crippen LogP contribution >= 0.6 is 0 Å². The van der Waals surface area contributed by atoms with Crippen molar-refractivity contribution >= 4 is 0 Å². The first-order valence-electron chi connectivity index (χ1n) is 4.52. The molecule has 1 heterocycles. The van der Waals surface area contributed by atoms with Crippen LogP contribution in [0.15, 0.2) is 0 Å². The Morgan fingerprint density at radius 3 is 2.75 bits per heavy atom. The van der Waals surface area contributed by atoms with Crippen LogP contribution in [0.4, 0.5) is 0 Å². The Balaban J connectivity index is 2.02. The summed E-state index contributed by atoms with van der Waals surface area (Å²) >= 11 is 0. The minimum Gasteiger partial charge on any atom is -0.347 e. The highest BCUT2D eigenvalue weighted by Gasteiger charge is 2.41. The van der Waals surface area contributed by atoms with Crippen LogP contribution < -0.4 is 0 Å². The fourth-order valence-corrected chi connectivity index (χ4v) is 2.07. The van der Waals surface area contributed by atoms with Crippen molar-refractivity contribution in [2.45, 2.75) is 31.5 Å². The van der Waals surface area contributed by atoms with E-state index in [0.29, 0.717) is 13.2 Å². The fourth-order valence-electron chi connectivity index (χ4n) is 2.07. The maximum absolute atomic E-state index is 8.77. The van der Waals surface area contributed by atoms with E-state index in [1.165, 1.54) is 0 Å². The molecule has 1 aliphatic heterocycles. The van der Waals surface area contributed by atoms with Gasteiger partial charge in [0.05, 0.1) is 25.2 Å². The first-order chi connectivity index (χ1) is 5.85. The Morgan fingerprint density at radius 2 is 2.08 bits per heavy atom. The number of hydrogen-bond acceptors (Lipinski definition) is 3. The standard InChI is InChI=1S/C9H13NO2/c10-7-8-2-1-3-9(6-8)11-4-5-12-9/h8H,1-6H2/t8-/m0/s1. The molecule has 3 heteroatoms. The molecule has 0 aromatic heterocycles. The van der Waals surface area contributed by atoms with E-state index in [4.69, 9.17) is 14.7 Å². The SMILES string of the molecule is N#C[C@H]1CCCC2(C1)OCCO2. The fraction of sp³-hybridized carbons (Fsp3) is 0.889. The minimum atomic E-state index is -0.376. The molecule has 0 N–H and O–H groups in total. The van der Waals surface area contributed by atoms with E-state index in [1.54, 1.807) is 0 Å². The number of nitriles is 1. The van der Waals surface area contributed by atoms with E-state index in [-0.39, 0.29) is 11.7 Å². The van der Waals surface area contributed by atoms with Crippen molar-refractivity contribution in [1.29, 1.82) is 5.26 Å². The Morgan fingerprint density at radius 1 is 1.33 bits per heavy atom. The van der Waals surface area contributed by atoms with Gasteiger partial charge in [-0.15, -0.1) is 0 Å². The topological polar surface area (TPSA) is 42.2 Å². The van der Waals surface area contributed by atoms with E-state index in [2.05, 4.69) is 6.07 Å². The molecule has 0 aromatic carbocycles. The quantitative estimate of drug-likeness (QED) is 0.548. The van der Waals surface area contributed by atoms with Crippen LogP contribution in [0.3, 0.4) is 0 Å². The molecule has 1 spiro atoms. The second-order valence-electron chi connectivity index (χ2n) is 3.53. The lowest BCUT2D eigenvalue weighted by Gasteiger charge is -2.33. The largest absolute Gasteiger partial charge is 0.347 e. The molecule has 1 saturated heterocycles. The number of ether oxygens (including phenoxy) is 2. The van der Waals surface area contributed by atoms with E-state index in [0.717, 1.165) is 25.7 Å². The first-order valence-corrected chi connectivity index (χ1v) is 4.52. The molecule has 0 radical (unpaired) electrons. The Bertz CT molecular complexity index is 203. The maximum atomic E-state index is 8.77. The molecule has 0 aromatic rings. The molecule has 0 unspecified atom stereocenters. The summed E-state index contributed by atoms with van der Waals surface area (Å²) in [5.74, 6) is -0.240. The van der Waals surface area contributed by atoms with Crippen LogP contribution in [0, 0.1) is 17.2 Å². The maximum Gasteiger partial charge on any atom is 0.169 e. The molecule has 2 aliphatic rings. The summed E-state index contributed by atoms with van der Waals surface area (Å²) in [5, 5.41) is 8.77. The van der Waals surface area contributed by atoms with Gasteiger partial charge in [-0.3, -0.25) is 0 Å². The third-order valence-corrected chi connectivity index (χ3v) is 2.66. The van der Waals surface area contributed by atoms with Gasteiger partial charge in [0.1, 0.15) is 0 Å². The van der Waals surface area contributed by atoms with Crippen molar-refractivity contribution in [3.8, 4) is 6.07 Å². The number of hydrogen-bond donors (Lipinski definition) is 0. The monoisotopic (exact) mass is 167 g/mol. The molecular formula is C9H13NO2. The van der Waals surface area contributed by atoms with E-state index in [9.17, 15) is 0 Å². The summed E-state index contributed by atoms with van der Waals surface area (Å²) in [6.07, 6.45) is 3.79. The Hall–Kier alpha value is -0.590. The Labute approximate surface area is 72.3 Å². The van der Waals surface area contributed by atoms with Crippen molar-refractivity contribution in [2.75, 3.05) is 13.2 Å². The number of nitrogens with zero attached hydrogens (tertiary/aromatic N) is 1. The predicted molar refractivity (Wildman–Crippen MR) is 42.2 cm³/mol. The summed E-state index contributed by atoms with van der Waals surface area (Å²) in [6, 6.07) is 2.30. The average Bonchev–Trinajstić information content (AvgIpc) is 2.53. The molecular weight excluding hydrogens is 154 g/mol. The highest BCUT2D eigenvalue weighted by Crippen LogP contribution is 2.38. The molecule has 0 bridgehead atoms. The average molecular weight is 167 g/mol. The van der Waals surface area contributed by atoms with Gasteiger partial charge in [-0.1, -0.05) is 0 Å². The summed E-state index contributed by atoms with van der Waals surface area (Å²) in [4.78, 5) is 0. The van der Waals surface area contributed by atoms with Gasteiger partial charge in [0.25, 0.3) is 0 Å². The van der Waals surface area contributed by atoms with Crippen molar-refractivity contribution in [3.63, 3.8) is 0 Å². The van der Waals surface area contributed by atoms with Crippen LogP contribution in [0.2, 0.25) is 0 Å². The molecule has 1 atom stereocenters. The van der Waals surface area contributed by atoms with Gasteiger partial charge in [0.15, 0.2) is 5.79 Å². The molecule has 1 saturated carbocycles. The van der Waals surface area contributed by atoms with Crippen LogP contribution in [0.25, 0.3) is 0 Å². The van der Waals surface area contributed by atoms with Crippen molar-refractivity contribution in [2.24, 2.45) is 5.92 Å². The van der Waals surface area contributed by atoms with Crippen molar-refractivity contribution in [1.82, 2.24) is 0 Å². The first kappa shape index (κ1) is 8.03. The third-order valence-electron chi connectivity index (χ3n) is 2.66. The molecule has 3 nitrogen and oxygen atoms in total. The second kappa shape index (κ2) is 3.04. The van der Waals surface area contributed by atoms with E-state index < -0.39 is 0 Å². The van der Waals surface area contributed by atoms with E-state index >= 15 is 0 Å². The summed E-state index contributed by atoms with van der Waals surface area (Å²) in [5.41, 5.74) is 0. The molecule has 66 valence electrons. The minimum absolute atomic E-state index is 0.136. The van der Waals surface area contributed by atoms with Gasteiger partial charge in [-0.05, 0) is 12.8 Å². The molecule has 1 aliphatic carbocycles. The van der Waals surface area contributed by atoms with Crippen molar-refractivity contribution in [3.05, 3.63) is 0 Å². The lowest BCUT2D eigenvalue weighted by Crippen LogP contribution is -2.35. The van der Waals surface area contributed by atoms with Crippen LogP contribution in [-0.2, 0) is 9.47 Å². The van der Waals surface area contributed by atoms with Gasteiger partial charge in [-0.2, -0.15) is 5.26 Å². The third kappa shape index (κ3) is 1.33. The van der Waals surface area contributed by atoms with Gasteiger partial charge in [0.2, 0.25) is 0 Å². The zero-order valence-electron chi connectivity index (χ0n) is 7.08. The van der Waals surface area contributed by atoms with Crippen LogP contribution in [0.5, 0.6) is 0 Å². The van der Waals surface area contributed by atoms with Gasteiger partial charge in [0, 0.05) is 12.8 Å². The lowest BCUT2D eigenvalue weighted by molar-refractivity contribution is -0.182. The molecule has 0 amide bonds. The van der Waals surface area contributed by atoms with Gasteiger partial charge < -0.3 is 9.47 Å². The van der Waals surface area contributed by atoms with Crippen LogP contribution in [0.1, 0.15) is 25.7 Å². The summed E-state index contributed by atoms with van der Waals surface area (Å²) in [7, 11) is 0. The predicted octanol–water partition coefficient (Wildman–Crippen LogP) is 1.44. The molecule has 12 heavy (non-hydrogen) atoms. The highest BCUT2D eigenvalue weighted by atomic mass is 16.7. The highest BCUT2D eigenvalue weighted by molar-refractivity contribution is 4.92. The Kier molecular flexibility index (Phi) is 2.03. The normalized spacial score (nSPS) is 33.4. The zero-order valence-corrected chi connectivity index (χ0v) is 7.08. The number of rotatable bonds is 0. The molecule has 2 rings (SSSR count). The lowest BCUT2D eigenvalue weighted by atomic mass is 9.86. The smallest absolute Gasteiger partial charge is 0.169 e. The van der Waals surface area contributed by atoms with Gasteiger partial charge in [-0.25, -0.2) is 0 Å². The second-order valence-corrected chi connectivity index (χ2v) is 3.53.